The lowest BCUT2D eigenvalue weighted by Gasteiger charge is -2.28. The smallest absolute Gasteiger partial charge is 0.326 e. The number of primary amides is 1. The second kappa shape index (κ2) is 11.8. The number of aliphatic hydroxyl groups excluding tert-OH is 1. The van der Waals surface area contributed by atoms with E-state index in [-0.39, 0.29) is 19.4 Å². The number of hydrogen-bond acceptors (Lipinski definition) is 7. The number of carbonyl (C=O) groups excluding carboxylic acids is 5. The van der Waals surface area contributed by atoms with E-state index in [2.05, 4.69) is 16.0 Å². The number of aliphatic hydroxyl groups is 1. The van der Waals surface area contributed by atoms with Crippen molar-refractivity contribution in [1.29, 1.82) is 0 Å². The molecule has 31 heavy (non-hydrogen) atoms. The van der Waals surface area contributed by atoms with Crippen LogP contribution in [0.3, 0.4) is 0 Å². The van der Waals surface area contributed by atoms with Crippen molar-refractivity contribution in [3.05, 3.63) is 0 Å². The minimum Gasteiger partial charge on any atom is -0.480 e. The molecular formula is C18H29N5O8. The highest BCUT2D eigenvalue weighted by Crippen LogP contribution is 2.19. The molecule has 13 heteroatoms. The molecule has 0 spiro atoms. The number of carbonyl (C=O) groups is 6. The molecule has 1 rings (SSSR count). The van der Waals surface area contributed by atoms with Crippen molar-refractivity contribution >= 4 is 35.5 Å². The molecule has 1 aliphatic rings. The number of amides is 5. The molecule has 0 bridgehead atoms. The van der Waals surface area contributed by atoms with Crippen molar-refractivity contribution in [3.8, 4) is 0 Å². The Bertz CT molecular complexity index is 728. The van der Waals surface area contributed by atoms with E-state index < -0.39 is 66.3 Å². The number of nitrogens with zero attached hydrogens (tertiary/aromatic N) is 1. The monoisotopic (exact) mass is 443 g/mol. The molecule has 0 aromatic rings. The highest BCUT2D eigenvalue weighted by Gasteiger charge is 2.38. The van der Waals surface area contributed by atoms with Crippen LogP contribution in [0.1, 0.15) is 39.5 Å². The van der Waals surface area contributed by atoms with Crippen LogP contribution in [0, 0.1) is 0 Å². The molecule has 1 fully saturated rings. The predicted molar refractivity (Wildman–Crippen MR) is 105 cm³/mol. The van der Waals surface area contributed by atoms with E-state index in [1.54, 1.807) is 0 Å². The molecule has 1 saturated heterocycles. The first-order valence-corrected chi connectivity index (χ1v) is 9.78. The summed E-state index contributed by atoms with van der Waals surface area (Å²) < 4.78 is 0. The van der Waals surface area contributed by atoms with Gasteiger partial charge >= 0.3 is 5.97 Å². The maximum atomic E-state index is 12.6. The Hall–Kier alpha value is -3.22. The third kappa shape index (κ3) is 7.85. The molecule has 0 aromatic carbocycles. The second-order valence-electron chi connectivity index (χ2n) is 7.26. The van der Waals surface area contributed by atoms with Crippen LogP contribution in [-0.2, 0) is 28.8 Å². The minimum absolute atomic E-state index is 0.201. The van der Waals surface area contributed by atoms with Gasteiger partial charge in [-0.1, -0.05) is 0 Å². The zero-order chi connectivity index (χ0) is 23.7. The van der Waals surface area contributed by atoms with Gasteiger partial charge in [0.2, 0.25) is 29.5 Å². The number of nitrogens with two attached hydrogens (primary N) is 1. The quantitative estimate of drug-likeness (QED) is 0.191. The number of nitrogens with one attached hydrogen (secondary N) is 3. The van der Waals surface area contributed by atoms with Gasteiger partial charge in [-0.25, -0.2) is 4.79 Å². The largest absolute Gasteiger partial charge is 0.480 e. The summed E-state index contributed by atoms with van der Waals surface area (Å²) in [6.07, 6.45) is 0.391. The van der Waals surface area contributed by atoms with Crippen LogP contribution < -0.4 is 21.7 Å². The lowest BCUT2D eigenvalue weighted by Crippen LogP contribution is -2.57. The first kappa shape index (κ1) is 25.8. The van der Waals surface area contributed by atoms with E-state index in [1.165, 1.54) is 18.7 Å². The van der Waals surface area contributed by atoms with Gasteiger partial charge in [-0.05, 0) is 26.2 Å². The van der Waals surface area contributed by atoms with Crippen LogP contribution in [-0.4, -0.2) is 87.9 Å². The van der Waals surface area contributed by atoms with Crippen molar-refractivity contribution in [2.45, 2.75) is 63.7 Å². The van der Waals surface area contributed by atoms with Gasteiger partial charge in [0.05, 0.1) is 6.61 Å². The fourth-order valence-electron chi connectivity index (χ4n) is 3.15. The van der Waals surface area contributed by atoms with Crippen molar-refractivity contribution in [2.24, 2.45) is 5.73 Å². The van der Waals surface area contributed by atoms with Gasteiger partial charge in [0, 0.05) is 19.9 Å². The summed E-state index contributed by atoms with van der Waals surface area (Å²) in [4.78, 5) is 72.0. The van der Waals surface area contributed by atoms with Gasteiger partial charge in [-0.15, -0.1) is 0 Å². The van der Waals surface area contributed by atoms with Gasteiger partial charge in [0.25, 0.3) is 0 Å². The average molecular weight is 443 g/mol. The number of carboxylic acid groups (broad SMARTS) is 1. The summed E-state index contributed by atoms with van der Waals surface area (Å²) in [5, 5.41) is 25.5. The third-order valence-electron chi connectivity index (χ3n) is 4.74. The molecule has 1 heterocycles. The van der Waals surface area contributed by atoms with E-state index in [0.29, 0.717) is 12.8 Å². The molecule has 7 N–H and O–H groups in total. The lowest BCUT2D eigenvalue weighted by atomic mass is 10.1. The van der Waals surface area contributed by atoms with E-state index in [1.807, 2.05) is 0 Å². The molecule has 1 aliphatic heterocycles. The molecule has 4 atom stereocenters. The summed E-state index contributed by atoms with van der Waals surface area (Å²) in [5.41, 5.74) is 4.99. The van der Waals surface area contributed by atoms with Gasteiger partial charge in [-0.3, -0.25) is 24.0 Å². The molecule has 5 amide bonds. The van der Waals surface area contributed by atoms with Crippen LogP contribution in [0.25, 0.3) is 0 Å². The molecule has 0 radical (unpaired) electrons. The topological polar surface area (TPSA) is 208 Å². The number of aliphatic carboxylic acids is 1. The first-order chi connectivity index (χ1) is 14.5. The minimum atomic E-state index is -1.35. The third-order valence-corrected chi connectivity index (χ3v) is 4.74. The Balaban J connectivity index is 2.73. The molecule has 0 aliphatic carbocycles. The highest BCUT2D eigenvalue weighted by atomic mass is 16.4. The van der Waals surface area contributed by atoms with E-state index in [9.17, 15) is 33.9 Å². The van der Waals surface area contributed by atoms with Gasteiger partial charge < -0.3 is 36.8 Å². The van der Waals surface area contributed by atoms with Crippen molar-refractivity contribution in [3.63, 3.8) is 0 Å². The Morgan fingerprint density at radius 2 is 1.74 bits per heavy atom. The zero-order valence-electron chi connectivity index (χ0n) is 17.4. The van der Waals surface area contributed by atoms with Crippen molar-refractivity contribution in [2.75, 3.05) is 13.2 Å². The number of likely N-dealkylation sites (tertiary alicyclic amines) is 1. The summed E-state index contributed by atoms with van der Waals surface area (Å²) in [7, 11) is 0. The lowest BCUT2D eigenvalue weighted by molar-refractivity contribution is -0.143. The zero-order valence-corrected chi connectivity index (χ0v) is 17.4. The summed E-state index contributed by atoms with van der Waals surface area (Å²) in [6, 6.07) is -4.57. The molecular weight excluding hydrogens is 414 g/mol. The maximum Gasteiger partial charge on any atom is 0.326 e. The maximum absolute atomic E-state index is 12.6. The van der Waals surface area contributed by atoms with Crippen LogP contribution in [0.4, 0.5) is 0 Å². The number of hydrogen-bond donors (Lipinski definition) is 6. The number of rotatable bonds is 11. The summed E-state index contributed by atoms with van der Waals surface area (Å²) in [5.74, 6) is -4.61. The summed E-state index contributed by atoms with van der Waals surface area (Å²) >= 11 is 0. The average Bonchev–Trinajstić information content (AvgIpc) is 3.17. The van der Waals surface area contributed by atoms with Gasteiger partial charge in [0.15, 0.2) is 0 Å². The van der Waals surface area contributed by atoms with Crippen LogP contribution in [0.2, 0.25) is 0 Å². The SMILES string of the molecule is CC(=O)N[C@@H](CO)C(=O)N1CCC[C@H]1C(=O)N[C@@H](C)C(=O)N[C@@H](CCC(N)=O)C(=O)O. The molecule has 0 aromatic heterocycles. The Morgan fingerprint density at radius 1 is 1.10 bits per heavy atom. The predicted octanol–water partition coefficient (Wildman–Crippen LogP) is -3.19. The van der Waals surface area contributed by atoms with E-state index in [4.69, 9.17) is 10.8 Å². The van der Waals surface area contributed by atoms with Crippen LogP contribution >= 0.6 is 0 Å². The molecule has 13 nitrogen and oxygen atoms in total. The van der Waals surface area contributed by atoms with Crippen LogP contribution in [0.5, 0.6) is 0 Å². The normalized spacial score (nSPS) is 18.4. The van der Waals surface area contributed by atoms with Gasteiger partial charge in [0.1, 0.15) is 24.2 Å². The number of carboxylic acids is 1. The molecule has 174 valence electrons. The molecule has 0 saturated carbocycles. The fourth-order valence-corrected chi connectivity index (χ4v) is 3.15. The standard InChI is InChI=1S/C18H29N5O8/c1-9(15(27)22-11(18(30)31)5-6-14(19)26)20-16(28)13-4-3-7-23(13)17(29)12(8-24)21-10(2)25/h9,11-13,24H,3-8H2,1-2H3,(H2,19,26)(H,20,28)(H,21,25)(H,22,27)(H,30,31)/t9-,11-,12-,13-/m0/s1. The molecule has 0 unspecified atom stereocenters. The first-order valence-electron chi connectivity index (χ1n) is 9.78. The van der Waals surface area contributed by atoms with E-state index in [0.717, 1.165) is 0 Å². The Kier molecular flexibility index (Phi) is 9.86. The summed E-state index contributed by atoms with van der Waals surface area (Å²) in [6.45, 7) is 2.14. The van der Waals surface area contributed by atoms with E-state index >= 15 is 0 Å². The van der Waals surface area contributed by atoms with Crippen molar-refractivity contribution in [1.82, 2.24) is 20.9 Å². The van der Waals surface area contributed by atoms with Crippen molar-refractivity contribution < 1.29 is 39.0 Å². The second-order valence-corrected chi connectivity index (χ2v) is 7.26. The highest BCUT2D eigenvalue weighted by molar-refractivity contribution is 5.95. The Labute approximate surface area is 178 Å². The van der Waals surface area contributed by atoms with Gasteiger partial charge in [-0.2, -0.15) is 0 Å². The van der Waals surface area contributed by atoms with Crippen LogP contribution in [0.15, 0.2) is 0 Å². The Morgan fingerprint density at radius 3 is 2.26 bits per heavy atom. The fraction of sp³-hybridized carbons (Fsp3) is 0.667.